The number of ether oxygens (including phenoxy) is 1. The maximum Gasteiger partial charge on any atom is 0.336 e. The summed E-state index contributed by atoms with van der Waals surface area (Å²) >= 11 is 0. The molecule has 27 heavy (non-hydrogen) atoms. The zero-order chi connectivity index (χ0) is 19.6. The van der Waals surface area contributed by atoms with Crippen LogP contribution in [-0.2, 0) is 20.9 Å². The van der Waals surface area contributed by atoms with Crippen molar-refractivity contribution in [2.45, 2.75) is 59.1 Å². The number of hydrogen-bond acceptors (Lipinski definition) is 5. The van der Waals surface area contributed by atoms with E-state index in [1.165, 1.54) is 13.0 Å². The van der Waals surface area contributed by atoms with Crippen LogP contribution in [0.1, 0.15) is 49.3 Å². The third kappa shape index (κ3) is 4.21. The minimum atomic E-state index is -0.639. The maximum absolute atomic E-state index is 12.6. The Labute approximate surface area is 157 Å². The smallest absolute Gasteiger partial charge is 0.336 e. The first-order chi connectivity index (χ1) is 12.9. The molecule has 1 aromatic heterocycles. The predicted molar refractivity (Wildman–Crippen MR) is 101 cm³/mol. The Morgan fingerprint density at radius 1 is 1.26 bits per heavy atom. The van der Waals surface area contributed by atoms with Crippen LogP contribution in [0.25, 0.3) is 11.0 Å². The van der Waals surface area contributed by atoms with E-state index in [9.17, 15) is 14.4 Å². The fourth-order valence-electron chi connectivity index (χ4n) is 3.76. The van der Waals surface area contributed by atoms with Gasteiger partial charge in [-0.1, -0.05) is 25.0 Å². The second kappa shape index (κ2) is 7.94. The number of rotatable bonds is 5. The van der Waals surface area contributed by atoms with E-state index < -0.39 is 17.6 Å². The molecule has 1 N–H and O–H groups in total. The highest BCUT2D eigenvalue weighted by Gasteiger charge is 2.32. The van der Waals surface area contributed by atoms with Gasteiger partial charge >= 0.3 is 11.6 Å². The van der Waals surface area contributed by atoms with Gasteiger partial charge in [0.2, 0.25) is 5.91 Å². The van der Waals surface area contributed by atoms with Crippen LogP contribution in [0.15, 0.2) is 27.4 Å². The zero-order valence-corrected chi connectivity index (χ0v) is 16.0. The molecule has 0 bridgehead atoms. The summed E-state index contributed by atoms with van der Waals surface area (Å²) in [5.41, 5.74) is 2.55. The van der Waals surface area contributed by atoms with E-state index in [4.69, 9.17) is 9.15 Å². The van der Waals surface area contributed by atoms with Crippen molar-refractivity contribution in [1.29, 1.82) is 0 Å². The summed E-state index contributed by atoms with van der Waals surface area (Å²) in [5.74, 6) is -0.605. The first-order valence-electron chi connectivity index (χ1n) is 9.33. The number of amides is 1. The van der Waals surface area contributed by atoms with Gasteiger partial charge in [-0.15, -0.1) is 0 Å². The number of carbonyl (C=O) groups excluding carboxylic acids is 2. The van der Waals surface area contributed by atoms with E-state index >= 15 is 0 Å². The van der Waals surface area contributed by atoms with Crippen LogP contribution in [0.2, 0.25) is 0 Å². The van der Waals surface area contributed by atoms with E-state index in [-0.39, 0.29) is 18.4 Å². The van der Waals surface area contributed by atoms with Gasteiger partial charge < -0.3 is 14.5 Å². The van der Waals surface area contributed by atoms with Crippen LogP contribution in [0.5, 0.6) is 0 Å². The maximum atomic E-state index is 12.6. The summed E-state index contributed by atoms with van der Waals surface area (Å²) in [6.07, 6.45) is 3.90. The van der Waals surface area contributed by atoms with Gasteiger partial charge in [0.25, 0.3) is 0 Å². The van der Waals surface area contributed by atoms with Gasteiger partial charge in [0.1, 0.15) is 18.2 Å². The third-order valence-corrected chi connectivity index (χ3v) is 5.37. The molecule has 1 aromatic carbocycles. The quantitative estimate of drug-likeness (QED) is 0.645. The summed E-state index contributed by atoms with van der Waals surface area (Å²) in [6, 6.07) is 4.53. The lowest BCUT2D eigenvalue weighted by Crippen LogP contribution is -2.45. The van der Waals surface area contributed by atoms with Crippen LogP contribution in [-0.4, -0.2) is 17.9 Å². The average Bonchev–Trinajstić information content (AvgIpc) is 3.15. The second-order valence-corrected chi connectivity index (χ2v) is 7.31. The molecule has 1 atom stereocenters. The van der Waals surface area contributed by atoms with E-state index in [0.717, 1.165) is 42.2 Å². The lowest BCUT2D eigenvalue weighted by molar-refractivity contribution is -0.150. The number of aryl methyl sites for hydroxylation is 2. The molecular formula is C21H25NO5. The Balaban J connectivity index is 1.82. The average molecular weight is 371 g/mol. The van der Waals surface area contributed by atoms with E-state index in [1.54, 1.807) is 0 Å². The molecule has 3 rings (SSSR count). The molecule has 1 unspecified atom stereocenters. The number of esters is 1. The summed E-state index contributed by atoms with van der Waals surface area (Å²) in [7, 11) is 0. The Kier molecular flexibility index (Phi) is 5.63. The summed E-state index contributed by atoms with van der Waals surface area (Å²) < 4.78 is 10.9. The highest BCUT2D eigenvalue weighted by Crippen LogP contribution is 2.29. The van der Waals surface area contributed by atoms with Gasteiger partial charge in [-0.05, 0) is 43.7 Å². The molecule has 1 heterocycles. The molecule has 0 spiro atoms. The topological polar surface area (TPSA) is 85.6 Å². The summed E-state index contributed by atoms with van der Waals surface area (Å²) in [4.78, 5) is 36.1. The molecule has 1 aliphatic carbocycles. The van der Waals surface area contributed by atoms with Crippen molar-refractivity contribution < 1.29 is 18.7 Å². The fraction of sp³-hybridized carbons (Fsp3) is 0.476. The van der Waals surface area contributed by atoms with Gasteiger partial charge in [-0.3, -0.25) is 4.79 Å². The predicted octanol–water partition coefficient (Wildman–Crippen LogP) is 3.15. The van der Waals surface area contributed by atoms with Crippen molar-refractivity contribution in [1.82, 2.24) is 5.32 Å². The largest absolute Gasteiger partial charge is 0.459 e. The lowest BCUT2D eigenvalue weighted by Gasteiger charge is -2.22. The Morgan fingerprint density at radius 3 is 2.63 bits per heavy atom. The molecule has 0 radical (unpaired) electrons. The van der Waals surface area contributed by atoms with Gasteiger partial charge in [-0.25, -0.2) is 9.59 Å². The Hall–Kier alpha value is -2.63. The number of carbonyl (C=O) groups is 2. The van der Waals surface area contributed by atoms with Gasteiger partial charge in [0, 0.05) is 23.9 Å². The lowest BCUT2D eigenvalue weighted by atomic mass is 9.98. The highest BCUT2D eigenvalue weighted by atomic mass is 16.5. The van der Waals surface area contributed by atoms with Gasteiger partial charge in [-0.2, -0.15) is 0 Å². The van der Waals surface area contributed by atoms with Crippen LogP contribution >= 0.6 is 0 Å². The van der Waals surface area contributed by atoms with Crippen molar-refractivity contribution in [3.05, 3.63) is 45.3 Å². The van der Waals surface area contributed by atoms with Crippen LogP contribution in [0.3, 0.4) is 0 Å². The SMILES string of the molecule is CC(=O)NC(C(=O)OCc1cc(=O)oc2c(C)c(C)ccc12)C1CCCC1. The summed E-state index contributed by atoms with van der Waals surface area (Å²) in [5, 5.41) is 3.48. The van der Waals surface area contributed by atoms with Crippen molar-refractivity contribution >= 4 is 22.8 Å². The highest BCUT2D eigenvalue weighted by molar-refractivity contribution is 5.85. The van der Waals surface area contributed by atoms with E-state index in [1.807, 2.05) is 26.0 Å². The zero-order valence-electron chi connectivity index (χ0n) is 16.0. The minimum Gasteiger partial charge on any atom is -0.459 e. The first-order valence-corrected chi connectivity index (χ1v) is 9.33. The van der Waals surface area contributed by atoms with Crippen LogP contribution in [0.4, 0.5) is 0 Å². The first kappa shape index (κ1) is 19.1. The molecule has 1 saturated carbocycles. The number of nitrogens with one attached hydrogen (secondary N) is 1. The molecule has 144 valence electrons. The Bertz CT molecular complexity index is 924. The van der Waals surface area contributed by atoms with Crippen LogP contribution in [0, 0.1) is 19.8 Å². The fourth-order valence-corrected chi connectivity index (χ4v) is 3.76. The Morgan fingerprint density at radius 2 is 1.96 bits per heavy atom. The number of hydrogen-bond donors (Lipinski definition) is 1. The van der Waals surface area contributed by atoms with E-state index in [0.29, 0.717) is 11.1 Å². The second-order valence-electron chi connectivity index (χ2n) is 7.31. The monoisotopic (exact) mass is 371 g/mol. The molecule has 1 aliphatic rings. The van der Waals surface area contributed by atoms with Crippen molar-refractivity contribution in [3.63, 3.8) is 0 Å². The molecule has 6 nitrogen and oxygen atoms in total. The van der Waals surface area contributed by atoms with Crippen molar-refractivity contribution in [2.75, 3.05) is 0 Å². The molecule has 6 heteroatoms. The van der Waals surface area contributed by atoms with Gasteiger partial charge in [0.05, 0.1) is 0 Å². The number of fused-ring (bicyclic) bond motifs is 1. The van der Waals surface area contributed by atoms with Crippen molar-refractivity contribution in [2.24, 2.45) is 5.92 Å². The normalized spacial score (nSPS) is 15.7. The molecular weight excluding hydrogens is 346 g/mol. The molecule has 0 saturated heterocycles. The molecule has 2 aromatic rings. The third-order valence-electron chi connectivity index (χ3n) is 5.37. The summed E-state index contributed by atoms with van der Waals surface area (Å²) in [6.45, 7) is 5.20. The van der Waals surface area contributed by atoms with Gasteiger partial charge in [0.15, 0.2) is 0 Å². The molecule has 0 aliphatic heterocycles. The molecule has 1 fully saturated rings. The standard InChI is InChI=1S/C21H25NO5/c1-12-8-9-17-16(10-18(24)27-20(17)13(12)2)11-26-21(25)19(22-14(3)23)15-6-4-5-7-15/h8-10,15,19H,4-7,11H2,1-3H3,(H,22,23). The minimum absolute atomic E-state index is 0.0355. The molecule has 1 amide bonds. The van der Waals surface area contributed by atoms with E-state index in [2.05, 4.69) is 5.32 Å². The van der Waals surface area contributed by atoms with Crippen molar-refractivity contribution in [3.8, 4) is 0 Å². The number of benzene rings is 1. The van der Waals surface area contributed by atoms with Crippen LogP contribution < -0.4 is 10.9 Å².